The molecule has 20 heavy (non-hydrogen) atoms. The van der Waals surface area contributed by atoms with Crippen LogP contribution in [0.3, 0.4) is 0 Å². The number of rotatable bonds is 9. The average molecular weight is 292 g/mol. The lowest BCUT2D eigenvalue weighted by molar-refractivity contribution is -0.137. The van der Waals surface area contributed by atoms with Crippen LogP contribution in [0.25, 0.3) is 0 Å². The van der Waals surface area contributed by atoms with Gasteiger partial charge in [-0.25, -0.2) is 4.68 Å². The van der Waals surface area contributed by atoms with Gasteiger partial charge in [0.05, 0.1) is 18.8 Å². The molecular weight excluding hydrogens is 273 g/mol. The van der Waals surface area contributed by atoms with Gasteiger partial charge in [0.1, 0.15) is 0 Å². The van der Waals surface area contributed by atoms with Gasteiger partial charge in [-0.3, -0.25) is 0 Å². The lowest BCUT2D eigenvalue weighted by Crippen LogP contribution is -2.15. The van der Waals surface area contributed by atoms with Crippen LogP contribution in [-0.4, -0.2) is 40.4 Å². The smallest absolute Gasteiger partial charge is 0.380 e. The molecule has 1 aliphatic carbocycles. The van der Waals surface area contributed by atoms with Crippen molar-refractivity contribution in [1.29, 1.82) is 0 Å². The Balaban J connectivity index is 1.52. The summed E-state index contributed by atoms with van der Waals surface area (Å²) in [5.74, 6) is 0. The number of ether oxygens (including phenoxy) is 1. The summed E-state index contributed by atoms with van der Waals surface area (Å²) >= 11 is 0. The minimum atomic E-state index is -4.10. The van der Waals surface area contributed by atoms with Crippen molar-refractivity contribution in [3.63, 3.8) is 0 Å². The zero-order valence-corrected chi connectivity index (χ0v) is 11.2. The molecule has 0 aromatic carbocycles. The zero-order valence-electron chi connectivity index (χ0n) is 11.2. The van der Waals surface area contributed by atoms with Gasteiger partial charge < -0.3 is 10.1 Å². The van der Waals surface area contributed by atoms with Crippen molar-refractivity contribution in [1.82, 2.24) is 20.3 Å². The molecule has 0 radical (unpaired) electrons. The Kier molecular flexibility index (Phi) is 5.36. The second-order valence-corrected chi connectivity index (χ2v) is 4.96. The summed E-state index contributed by atoms with van der Waals surface area (Å²) in [6, 6.07) is 0.622. The summed E-state index contributed by atoms with van der Waals surface area (Å²) in [7, 11) is 0. The first kappa shape index (κ1) is 15.2. The normalized spacial score (nSPS) is 15.8. The SMILES string of the molecule is FC(F)(F)CCCOCCn1cc(CNC2CC2)nn1. The van der Waals surface area contributed by atoms with Gasteiger partial charge in [-0.2, -0.15) is 13.2 Å². The Morgan fingerprint density at radius 3 is 2.85 bits per heavy atom. The molecule has 0 unspecified atom stereocenters. The number of alkyl halides is 3. The zero-order chi connectivity index (χ0) is 14.4. The number of nitrogens with one attached hydrogen (secondary N) is 1. The van der Waals surface area contributed by atoms with Crippen LogP contribution in [0, 0.1) is 0 Å². The molecule has 0 atom stereocenters. The van der Waals surface area contributed by atoms with Gasteiger partial charge >= 0.3 is 6.18 Å². The van der Waals surface area contributed by atoms with Crippen molar-refractivity contribution in [2.75, 3.05) is 13.2 Å². The van der Waals surface area contributed by atoms with E-state index in [1.54, 1.807) is 4.68 Å². The molecule has 5 nitrogen and oxygen atoms in total. The van der Waals surface area contributed by atoms with Crippen LogP contribution in [0.2, 0.25) is 0 Å². The Hall–Kier alpha value is -1.15. The fraction of sp³-hybridized carbons (Fsp3) is 0.833. The van der Waals surface area contributed by atoms with Gasteiger partial charge in [-0.1, -0.05) is 5.21 Å². The van der Waals surface area contributed by atoms with Gasteiger partial charge in [0.25, 0.3) is 0 Å². The molecule has 1 aromatic rings. The van der Waals surface area contributed by atoms with Crippen LogP contribution in [0.4, 0.5) is 13.2 Å². The van der Waals surface area contributed by atoms with E-state index in [9.17, 15) is 13.2 Å². The Morgan fingerprint density at radius 1 is 1.35 bits per heavy atom. The third-order valence-corrected chi connectivity index (χ3v) is 2.95. The number of aromatic nitrogens is 3. The molecule has 8 heteroatoms. The summed E-state index contributed by atoms with van der Waals surface area (Å²) in [6.45, 7) is 1.67. The highest BCUT2D eigenvalue weighted by atomic mass is 19.4. The summed E-state index contributed by atoms with van der Waals surface area (Å²) in [5, 5.41) is 11.3. The van der Waals surface area contributed by atoms with E-state index in [-0.39, 0.29) is 13.0 Å². The predicted molar refractivity (Wildman–Crippen MR) is 66.0 cm³/mol. The van der Waals surface area contributed by atoms with E-state index in [4.69, 9.17) is 4.74 Å². The predicted octanol–water partition coefficient (Wildman–Crippen LogP) is 1.89. The maximum absolute atomic E-state index is 11.9. The minimum Gasteiger partial charge on any atom is -0.380 e. The first-order valence-corrected chi connectivity index (χ1v) is 6.80. The van der Waals surface area contributed by atoms with Crippen molar-refractivity contribution in [2.24, 2.45) is 0 Å². The third-order valence-electron chi connectivity index (χ3n) is 2.95. The Morgan fingerprint density at radius 2 is 2.15 bits per heavy atom. The van der Waals surface area contributed by atoms with E-state index < -0.39 is 12.6 Å². The van der Waals surface area contributed by atoms with Crippen LogP contribution in [0.1, 0.15) is 31.4 Å². The minimum absolute atomic E-state index is 0.00256. The Bertz CT molecular complexity index is 404. The van der Waals surface area contributed by atoms with Crippen molar-refractivity contribution < 1.29 is 17.9 Å². The second kappa shape index (κ2) is 7.03. The maximum Gasteiger partial charge on any atom is 0.389 e. The van der Waals surface area contributed by atoms with Crippen LogP contribution in [0.5, 0.6) is 0 Å². The molecule has 1 fully saturated rings. The van der Waals surface area contributed by atoms with E-state index >= 15 is 0 Å². The van der Waals surface area contributed by atoms with E-state index in [0.29, 0.717) is 25.7 Å². The van der Waals surface area contributed by atoms with Gasteiger partial charge in [0.15, 0.2) is 0 Å². The molecular formula is C12H19F3N4O. The molecule has 0 aliphatic heterocycles. The van der Waals surface area contributed by atoms with Crippen LogP contribution < -0.4 is 5.32 Å². The quantitative estimate of drug-likeness (QED) is 0.706. The monoisotopic (exact) mass is 292 g/mol. The molecule has 1 heterocycles. The molecule has 1 saturated carbocycles. The highest BCUT2D eigenvalue weighted by Crippen LogP contribution is 2.21. The third kappa shape index (κ3) is 6.33. The Labute approximate surface area is 115 Å². The van der Waals surface area contributed by atoms with Gasteiger partial charge in [0.2, 0.25) is 0 Å². The van der Waals surface area contributed by atoms with Crippen molar-refractivity contribution in [3.8, 4) is 0 Å². The molecule has 0 spiro atoms. The molecule has 1 N–H and O–H groups in total. The topological polar surface area (TPSA) is 52.0 Å². The first-order chi connectivity index (χ1) is 9.53. The van der Waals surface area contributed by atoms with Gasteiger partial charge in [-0.15, -0.1) is 5.10 Å². The van der Waals surface area contributed by atoms with E-state index in [1.165, 1.54) is 12.8 Å². The summed E-state index contributed by atoms with van der Waals surface area (Å²) < 4.78 is 42.4. The summed E-state index contributed by atoms with van der Waals surface area (Å²) in [6.07, 6.45) is -0.627. The first-order valence-electron chi connectivity index (χ1n) is 6.80. The highest BCUT2D eigenvalue weighted by molar-refractivity contribution is 4.94. The summed E-state index contributed by atoms with van der Waals surface area (Å²) in [5.41, 5.74) is 0.869. The molecule has 114 valence electrons. The van der Waals surface area contributed by atoms with Crippen LogP contribution in [0.15, 0.2) is 6.20 Å². The summed E-state index contributed by atoms with van der Waals surface area (Å²) in [4.78, 5) is 0. The lowest BCUT2D eigenvalue weighted by Gasteiger charge is -2.06. The van der Waals surface area contributed by atoms with Gasteiger partial charge in [0, 0.05) is 31.8 Å². The molecule has 1 aliphatic rings. The number of hydrogen-bond donors (Lipinski definition) is 1. The fourth-order valence-corrected chi connectivity index (χ4v) is 1.70. The average Bonchev–Trinajstić information content (AvgIpc) is 3.09. The van der Waals surface area contributed by atoms with E-state index in [1.807, 2.05) is 6.20 Å². The lowest BCUT2D eigenvalue weighted by atomic mass is 10.3. The molecule has 1 aromatic heterocycles. The number of nitrogens with zero attached hydrogens (tertiary/aromatic N) is 3. The molecule has 2 rings (SSSR count). The second-order valence-electron chi connectivity index (χ2n) is 4.96. The molecule has 0 saturated heterocycles. The largest absolute Gasteiger partial charge is 0.389 e. The molecule has 0 amide bonds. The van der Waals surface area contributed by atoms with Crippen LogP contribution in [-0.2, 0) is 17.8 Å². The van der Waals surface area contributed by atoms with Crippen molar-refractivity contribution in [3.05, 3.63) is 11.9 Å². The van der Waals surface area contributed by atoms with Gasteiger partial charge in [-0.05, 0) is 19.3 Å². The number of halogens is 3. The highest BCUT2D eigenvalue weighted by Gasteiger charge is 2.25. The van der Waals surface area contributed by atoms with Crippen LogP contribution >= 0.6 is 0 Å². The van der Waals surface area contributed by atoms with E-state index in [2.05, 4.69) is 15.6 Å². The molecule has 0 bridgehead atoms. The standard InChI is InChI=1S/C12H19F3N4O/c13-12(14,15)4-1-6-20-7-5-19-9-11(17-18-19)8-16-10-2-3-10/h9-10,16H,1-8H2. The maximum atomic E-state index is 11.9. The number of hydrogen-bond acceptors (Lipinski definition) is 4. The van der Waals surface area contributed by atoms with E-state index in [0.717, 1.165) is 5.69 Å². The van der Waals surface area contributed by atoms with Crippen molar-refractivity contribution in [2.45, 2.75) is 51.0 Å². The fourth-order valence-electron chi connectivity index (χ4n) is 1.70. The van der Waals surface area contributed by atoms with Crippen molar-refractivity contribution >= 4 is 0 Å².